The van der Waals surface area contributed by atoms with Gasteiger partial charge >= 0.3 is 0 Å². The summed E-state index contributed by atoms with van der Waals surface area (Å²) in [6, 6.07) is 14.0. The predicted molar refractivity (Wildman–Crippen MR) is 97.9 cm³/mol. The normalized spacial score (nSPS) is 11.1. The first-order valence-electron chi connectivity index (χ1n) is 7.73. The van der Waals surface area contributed by atoms with Crippen molar-refractivity contribution in [3.05, 3.63) is 59.7 Å². The van der Waals surface area contributed by atoms with Gasteiger partial charge in [0.15, 0.2) is 5.16 Å². The molecule has 0 fully saturated rings. The standard InChI is InChI=1S/C18H16N4O3S/c1-22-15-9-5-4-8-14(15)20-18(22)26-11-16(23)21-19-10-12-6-2-3-7-13(12)17(24)25/h2-10H,11H2,1H3,(H,21,23)(H,24,25)/p-1/b19-10-. The number of hydrazone groups is 1. The van der Waals surface area contributed by atoms with E-state index in [1.807, 2.05) is 35.9 Å². The summed E-state index contributed by atoms with van der Waals surface area (Å²) in [7, 11) is 1.89. The lowest BCUT2D eigenvalue weighted by atomic mass is 10.1. The van der Waals surface area contributed by atoms with Crippen molar-refractivity contribution in [2.24, 2.45) is 12.1 Å². The molecule has 1 N–H and O–H groups in total. The van der Waals surface area contributed by atoms with Crippen molar-refractivity contribution in [2.45, 2.75) is 5.16 Å². The average Bonchev–Trinajstić information content (AvgIpc) is 2.96. The zero-order chi connectivity index (χ0) is 18.5. The van der Waals surface area contributed by atoms with Gasteiger partial charge in [-0.05, 0) is 12.1 Å². The molecule has 8 heteroatoms. The van der Waals surface area contributed by atoms with Crippen molar-refractivity contribution < 1.29 is 14.7 Å². The van der Waals surface area contributed by atoms with E-state index in [4.69, 9.17) is 0 Å². The topological polar surface area (TPSA) is 99.4 Å². The summed E-state index contributed by atoms with van der Waals surface area (Å²) in [6.07, 6.45) is 1.28. The number of aromatic nitrogens is 2. The molecule has 0 saturated heterocycles. The molecule has 2 aromatic carbocycles. The fraction of sp³-hybridized carbons (Fsp3) is 0.111. The number of imidazole rings is 1. The maximum atomic E-state index is 11.9. The third-order valence-corrected chi connectivity index (χ3v) is 4.68. The minimum absolute atomic E-state index is 0.0135. The molecule has 0 unspecified atom stereocenters. The Morgan fingerprint density at radius 3 is 2.73 bits per heavy atom. The number of carboxylic acid groups (broad SMARTS) is 1. The molecule has 0 radical (unpaired) electrons. The number of benzene rings is 2. The van der Waals surface area contributed by atoms with Crippen LogP contribution in [0.1, 0.15) is 15.9 Å². The number of nitrogens with one attached hydrogen (secondary N) is 1. The molecule has 1 amide bonds. The monoisotopic (exact) mass is 367 g/mol. The van der Waals surface area contributed by atoms with E-state index in [1.165, 1.54) is 24.0 Å². The third-order valence-electron chi connectivity index (χ3n) is 3.65. The largest absolute Gasteiger partial charge is 0.545 e. The lowest BCUT2D eigenvalue weighted by molar-refractivity contribution is -0.255. The van der Waals surface area contributed by atoms with Crippen molar-refractivity contribution in [1.82, 2.24) is 15.0 Å². The van der Waals surface area contributed by atoms with E-state index in [0.29, 0.717) is 5.56 Å². The number of amides is 1. The molecule has 0 aliphatic carbocycles. The summed E-state index contributed by atoms with van der Waals surface area (Å²) in [5, 5.41) is 15.5. The number of hydrogen-bond donors (Lipinski definition) is 1. The summed E-state index contributed by atoms with van der Waals surface area (Å²) in [5.74, 6) is -1.48. The molecule has 0 spiro atoms. The maximum absolute atomic E-state index is 11.9. The van der Waals surface area contributed by atoms with Crippen LogP contribution in [0.25, 0.3) is 11.0 Å². The van der Waals surface area contributed by atoms with E-state index in [9.17, 15) is 14.7 Å². The quantitative estimate of drug-likeness (QED) is 0.401. The lowest BCUT2D eigenvalue weighted by Gasteiger charge is -2.05. The molecule has 0 aliphatic heterocycles. The number of hydrogen-bond acceptors (Lipinski definition) is 6. The van der Waals surface area contributed by atoms with Crippen molar-refractivity contribution in [3.8, 4) is 0 Å². The number of carboxylic acids is 1. The molecule has 0 saturated carbocycles. The van der Waals surface area contributed by atoms with Gasteiger partial charge in [-0.3, -0.25) is 4.79 Å². The van der Waals surface area contributed by atoms with Gasteiger partial charge in [-0.1, -0.05) is 48.2 Å². The molecule has 7 nitrogen and oxygen atoms in total. The Balaban J connectivity index is 1.59. The molecule has 0 aliphatic rings. The number of nitrogens with zero attached hydrogens (tertiary/aromatic N) is 3. The Morgan fingerprint density at radius 1 is 1.23 bits per heavy atom. The molecule has 132 valence electrons. The first-order chi connectivity index (χ1) is 12.6. The highest BCUT2D eigenvalue weighted by Gasteiger charge is 2.09. The second-order valence-corrected chi connectivity index (χ2v) is 6.34. The van der Waals surface area contributed by atoms with Crippen LogP contribution >= 0.6 is 11.8 Å². The second-order valence-electron chi connectivity index (χ2n) is 5.40. The van der Waals surface area contributed by atoms with Crippen molar-refractivity contribution >= 4 is 40.9 Å². The average molecular weight is 367 g/mol. The molecule has 26 heavy (non-hydrogen) atoms. The number of rotatable bonds is 6. The fourth-order valence-electron chi connectivity index (χ4n) is 2.38. The lowest BCUT2D eigenvalue weighted by Crippen LogP contribution is -2.24. The fourth-order valence-corrected chi connectivity index (χ4v) is 3.16. The highest BCUT2D eigenvalue weighted by Crippen LogP contribution is 2.22. The van der Waals surface area contributed by atoms with Crippen molar-refractivity contribution in [3.63, 3.8) is 0 Å². The number of aryl methyl sites for hydroxylation is 1. The van der Waals surface area contributed by atoms with Crippen LogP contribution in [-0.2, 0) is 11.8 Å². The SMILES string of the molecule is Cn1c(SCC(=O)N/N=C\c2ccccc2C(=O)[O-])nc2ccccc21. The number of aromatic carboxylic acids is 1. The molecular weight excluding hydrogens is 352 g/mol. The first-order valence-corrected chi connectivity index (χ1v) is 8.71. The highest BCUT2D eigenvalue weighted by atomic mass is 32.2. The number of carbonyl (C=O) groups excluding carboxylic acids is 2. The minimum Gasteiger partial charge on any atom is -0.545 e. The molecule has 3 rings (SSSR count). The van der Waals surface area contributed by atoms with E-state index in [1.54, 1.807) is 18.2 Å². The number of thioether (sulfide) groups is 1. The Labute approximate surface area is 153 Å². The van der Waals surface area contributed by atoms with Crippen LogP contribution in [0.4, 0.5) is 0 Å². The summed E-state index contributed by atoms with van der Waals surface area (Å²) in [6.45, 7) is 0. The van der Waals surface area contributed by atoms with Crippen LogP contribution < -0.4 is 10.5 Å². The highest BCUT2D eigenvalue weighted by molar-refractivity contribution is 7.99. The third kappa shape index (κ3) is 3.92. The van der Waals surface area contributed by atoms with E-state index in [0.717, 1.165) is 16.2 Å². The van der Waals surface area contributed by atoms with Gasteiger partial charge in [0.1, 0.15) is 0 Å². The Kier molecular flexibility index (Phi) is 5.33. The van der Waals surface area contributed by atoms with Crippen molar-refractivity contribution in [1.29, 1.82) is 0 Å². The molecule has 1 heterocycles. The van der Waals surface area contributed by atoms with E-state index in [-0.39, 0.29) is 17.2 Å². The van der Waals surface area contributed by atoms with Crippen molar-refractivity contribution in [2.75, 3.05) is 5.75 Å². The minimum atomic E-state index is -1.30. The van der Waals surface area contributed by atoms with Gasteiger partial charge in [-0.15, -0.1) is 0 Å². The smallest absolute Gasteiger partial charge is 0.250 e. The van der Waals surface area contributed by atoms with Gasteiger partial charge in [0, 0.05) is 18.2 Å². The van der Waals surface area contributed by atoms with E-state index < -0.39 is 5.97 Å². The van der Waals surface area contributed by atoms with E-state index in [2.05, 4.69) is 15.5 Å². The molecule has 0 atom stereocenters. The maximum Gasteiger partial charge on any atom is 0.250 e. The van der Waals surface area contributed by atoms with Gasteiger partial charge in [0.2, 0.25) is 0 Å². The zero-order valence-electron chi connectivity index (χ0n) is 13.9. The summed E-state index contributed by atoms with van der Waals surface area (Å²) >= 11 is 1.30. The van der Waals surface area contributed by atoms with Gasteiger partial charge in [0.25, 0.3) is 5.91 Å². The Morgan fingerprint density at radius 2 is 1.96 bits per heavy atom. The summed E-state index contributed by atoms with van der Waals surface area (Å²) < 4.78 is 1.92. The summed E-state index contributed by atoms with van der Waals surface area (Å²) in [5.41, 5.74) is 4.61. The van der Waals surface area contributed by atoms with E-state index >= 15 is 0 Å². The number of para-hydroxylation sites is 2. The molecule has 1 aromatic heterocycles. The Hall–Kier alpha value is -3.13. The summed E-state index contributed by atoms with van der Waals surface area (Å²) in [4.78, 5) is 27.4. The van der Waals surface area contributed by atoms with Gasteiger partial charge in [0.05, 0.1) is 29.0 Å². The second kappa shape index (κ2) is 7.83. The van der Waals surface area contributed by atoms with Crippen LogP contribution in [0.2, 0.25) is 0 Å². The molecule has 0 bridgehead atoms. The van der Waals surface area contributed by atoms with Gasteiger partial charge < -0.3 is 14.5 Å². The first kappa shape index (κ1) is 17.7. The Bertz CT molecular complexity index is 997. The molecular formula is C18H15N4O3S-. The molecule has 3 aromatic rings. The van der Waals surface area contributed by atoms with Crippen LogP contribution in [0.15, 0.2) is 58.8 Å². The predicted octanol–water partition coefficient (Wildman–Crippen LogP) is 1.18. The van der Waals surface area contributed by atoms with Crippen LogP contribution in [0.3, 0.4) is 0 Å². The van der Waals surface area contributed by atoms with Gasteiger partial charge in [-0.2, -0.15) is 5.10 Å². The number of fused-ring (bicyclic) bond motifs is 1. The number of carbonyl (C=O) groups is 2. The van der Waals surface area contributed by atoms with Gasteiger partial charge in [-0.25, -0.2) is 10.4 Å². The zero-order valence-corrected chi connectivity index (χ0v) is 14.7. The van der Waals surface area contributed by atoms with Crippen LogP contribution in [0.5, 0.6) is 0 Å². The van der Waals surface area contributed by atoms with Crippen LogP contribution in [0, 0.1) is 0 Å². The van der Waals surface area contributed by atoms with Crippen LogP contribution in [-0.4, -0.2) is 33.4 Å².